The van der Waals surface area contributed by atoms with Crippen LogP contribution in [0.25, 0.3) is 0 Å². The smallest absolute Gasteiger partial charge is 0.399 e. The zero-order valence-corrected chi connectivity index (χ0v) is 14.2. The molecule has 5 heteroatoms. The summed E-state index contributed by atoms with van der Waals surface area (Å²) in [5, 5.41) is 0.899. The van der Waals surface area contributed by atoms with Crippen LogP contribution >= 0.6 is 15.9 Å². The van der Waals surface area contributed by atoms with Gasteiger partial charge in [0.05, 0.1) is 17.8 Å². The van der Waals surface area contributed by atoms with E-state index in [0.29, 0.717) is 6.61 Å². The maximum atomic E-state index is 6.07. The molecule has 1 heterocycles. The molecule has 1 fully saturated rings. The quantitative estimate of drug-likeness (QED) is 0.423. The van der Waals surface area contributed by atoms with Gasteiger partial charge in [-0.3, -0.25) is 0 Å². The summed E-state index contributed by atoms with van der Waals surface area (Å²) in [6, 6.07) is 0. The van der Waals surface area contributed by atoms with E-state index in [2.05, 4.69) is 28.6 Å². The number of allylic oxidation sites excluding steroid dienone is 1. The highest BCUT2D eigenvalue weighted by molar-refractivity contribution is 9.09. The Bertz CT molecular complexity index is 348. The molecule has 0 unspecified atom stereocenters. The van der Waals surface area contributed by atoms with Crippen molar-refractivity contribution in [2.24, 2.45) is 0 Å². The number of alkyl halides is 1. The SMILES string of the molecule is C=C(COC)/C(=C/CCBr)B1OC(C)(C)C(C)(C)O1. The molecule has 0 aromatic carbocycles. The van der Waals surface area contributed by atoms with E-state index in [9.17, 15) is 0 Å². The summed E-state index contributed by atoms with van der Waals surface area (Å²) in [7, 11) is 1.30. The molecule has 0 N–H and O–H groups in total. The zero-order chi connectivity index (χ0) is 14.7. The lowest BCUT2D eigenvalue weighted by atomic mass is 9.73. The Kier molecular flexibility index (Phi) is 5.86. The van der Waals surface area contributed by atoms with Crippen molar-refractivity contribution in [3.05, 3.63) is 23.7 Å². The Balaban J connectivity index is 2.92. The summed E-state index contributed by atoms with van der Waals surface area (Å²) in [5.41, 5.74) is 1.22. The third-order valence-electron chi connectivity index (χ3n) is 3.71. The average Bonchev–Trinajstić information content (AvgIpc) is 2.49. The van der Waals surface area contributed by atoms with Crippen molar-refractivity contribution in [1.29, 1.82) is 0 Å². The third kappa shape index (κ3) is 3.94. The normalized spacial score (nSPS) is 21.8. The molecule has 0 atom stereocenters. The predicted molar refractivity (Wildman–Crippen MR) is 83.6 cm³/mol. The molecular weight excluding hydrogens is 307 g/mol. The first-order valence-corrected chi connectivity index (χ1v) is 7.66. The Morgan fingerprint density at radius 2 is 1.79 bits per heavy atom. The fourth-order valence-corrected chi connectivity index (χ4v) is 2.07. The Morgan fingerprint density at radius 1 is 1.26 bits per heavy atom. The molecule has 19 heavy (non-hydrogen) atoms. The van der Waals surface area contributed by atoms with Gasteiger partial charge in [-0.1, -0.05) is 28.6 Å². The predicted octanol–water partition coefficient (Wildman–Crippen LogP) is 3.53. The number of rotatable bonds is 6. The lowest BCUT2D eigenvalue weighted by Gasteiger charge is -2.32. The van der Waals surface area contributed by atoms with Crippen molar-refractivity contribution < 1.29 is 14.0 Å². The van der Waals surface area contributed by atoms with Gasteiger partial charge < -0.3 is 14.0 Å². The van der Waals surface area contributed by atoms with Crippen LogP contribution < -0.4 is 0 Å². The number of hydrogen-bond acceptors (Lipinski definition) is 3. The molecule has 0 radical (unpaired) electrons. The van der Waals surface area contributed by atoms with Crippen LogP contribution in [0.1, 0.15) is 34.1 Å². The van der Waals surface area contributed by atoms with Crippen LogP contribution in [0.15, 0.2) is 23.7 Å². The molecule has 0 aromatic heterocycles. The standard InChI is InChI=1S/C14H24BBrO3/c1-11(10-17-6)12(8-7-9-16)15-18-13(2,3)14(4,5)19-15/h8H,1,7,9-10H2,2-6H3/b12-8-. The second-order valence-corrected chi connectivity index (χ2v) is 6.55. The van der Waals surface area contributed by atoms with Crippen molar-refractivity contribution in [1.82, 2.24) is 0 Å². The molecule has 1 aliphatic rings. The fourth-order valence-electron chi connectivity index (χ4n) is 1.84. The van der Waals surface area contributed by atoms with Gasteiger partial charge in [-0.05, 0) is 45.2 Å². The zero-order valence-electron chi connectivity index (χ0n) is 12.6. The molecular formula is C14H24BBrO3. The molecule has 108 valence electrons. The third-order valence-corrected chi connectivity index (χ3v) is 4.17. The maximum Gasteiger partial charge on any atom is 0.494 e. The minimum Gasteiger partial charge on any atom is -0.399 e. The van der Waals surface area contributed by atoms with Crippen LogP contribution in [0, 0.1) is 0 Å². The summed E-state index contributed by atoms with van der Waals surface area (Å²) in [6.07, 6.45) is 3.01. The first-order valence-electron chi connectivity index (χ1n) is 6.54. The average molecular weight is 331 g/mol. The van der Waals surface area contributed by atoms with E-state index in [4.69, 9.17) is 14.0 Å². The first-order chi connectivity index (χ1) is 8.75. The van der Waals surface area contributed by atoms with Crippen molar-refractivity contribution >= 4 is 23.0 Å². The van der Waals surface area contributed by atoms with Crippen LogP contribution in [-0.2, 0) is 14.0 Å². The first kappa shape index (κ1) is 17.0. The van der Waals surface area contributed by atoms with Gasteiger partial charge >= 0.3 is 7.12 Å². The minimum atomic E-state index is -0.369. The Labute approximate surface area is 125 Å². The highest BCUT2D eigenvalue weighted by Crippen LogP contribution is 2.39. The van der Waals surface area contributed by atoms with Gasteiger partial charge in [0.25, 0.3) is 0 Å². The monoisotopic (exact) mass is 330 g/mol. The van der Waals surface area contributed by atoms with Crippen LogP contribution in [-0.4, -0.2) is 37.4 Å². The van der Waals surface area contributed by atoms with Crippen LogP contribution in [0.2, 0.25) is 0 Å². The molecule has 0 aliphatic carbocycles. The topological polar surface area (TPSA) is 27.7 Å². The molecule has 1 rings (SSSR count). The highest BCUT2D eigenvalue weighted by atomic mass is 79.9. The van der Waals surface area contributed by atoms with Gasteiger partial charge in [0.15, 0.2) is 0 Å². The second-order valence-electron chi connectivity index (χ2n) is 5.76. The summed E-state index contributed by atoms with van der Waals surface area (Å²) >= 11 is 3.43. The largest absolute Gasteiger partial charge is 0.494 e. The number of hydrogen-bond donors (Lipinski definition) is 0. The van der Waals surface area contributed by atoms with Gasteiger partial charge in [-0.2, -0.15) is 0 Å². The molecule has 3 nitrogen and oxygen atoms in total. The van der Waals surface area contributed by atoms with Gasteiger partial charge in [0.1, 0.15) is 0 Å². The lowest BCUT2D eigenvalue weighted by Crippen LogP contribution is -2.41. The van der Waals surface area contributed by atoms with Crippen LogP contribution in [0.3, 0.4) is 0 Å². The number of ether oxygens (including phenoxy) is 1. The summed E-state index contributed by atoms with van der Waals surface area (Å²) in [4.78, 5) is 0. The fraction of sp³-hybridized carbons (Fsp3) is 0.714. The van der Waals surface area contributed by atoms with Crippen LogP contribution in [0.5, 0.6) is 0 Å². The number of halogens is 1. The summed E-state index contributed by atoms with van der Waals surface area (Å²) < 4.78 is 17.3. The van der Waals surface area contributed by atoms with Gasteiger partial charge in [-0.25, -0.2) is 0 Å². The molecule has 0 saturated carbocycles. The molecule has 0 amide bonds. The second kappa shape index (κ2) is 6.57. The minimum absolute atomic E-state index is 0.335. The van der Waals surface area contributed by atoms with E-state index in [1.807, 2.05) is 27.7 Å². The molecule has 1 saturated heterocycles. The van der Waals surface area contributed by atoms with E-state index >= 15 is 0 Å². The Morgan fingerprint density at radius 3 is 2.21 bits per heavy atom. The van der Waals surface area contributed by atoms with Crippen molar-refractivity contribution in [3.8, 4) is 0 Å². The van der Waals surface area contributed by atoms with Crippen LogP contribution in [0.4, 0.5) is 0 Å². The molecule has 0 bridgehead atoms. The summed E-state index contributed by atoms with van der Waals surface area (Å²) in [6.45, 7) is 12.8. The highest BCUT2D eigenvalue weighted by Gasteiger charge is 2.52. The van der Waals surface area contributed by atoms with E-state index in [-0.39, 0.29) is 18.3 Å². The van der Waals surface area contributed by atoms with E-state index in [0.717, 1.165) is 22.8 Å². The van der Waals surface area contributed by atoms with Gasteiger partial charge in [0.2, 0.25) is 0 Å². The van der Waals surface area contributed by atoms with Crippen molar-refractivity contribution in [2.75, 3.05) is 19.0 Å². The molecule has 0 spiro atoms. The number of methoxy groups -OCH3 is 1. The van der Waals surface area contributed by atoms with Gasteiger partial charge in [-0.15, -0.1) is 0 Å². The maximum absolute atomic E-state index is 6.07. The summed E-state index contributed by atoms with van der Waals surface area (Å²) in [5.74, 6) is 0. The lowest BCUT2D eigenvalue weighted by molar-refractivity contribution is 0.00578. The van der Waals surface area contributed by atoms with Crippen molar-refractivity contribution in [3.63, 3.8) is 0 Å². The molecule has 0 aromatic rings. The van der Waals surface area contributed by atoms with E-state index < -0.39 is 0 Å². The van der Waals surface area contributed by atoms with E-state index in [1.54, 1.807) is 7.11 Å². The van der Waals surface area contributed by atoms with E-state index in [1.165, 1.54) is 0 Å². The Hall–Kier alpha value is -0.0951. The van der Waals surface area contributed by atoms with Crippen molar-refractivity contribution in [2.45, 2.75) is 45.3 Å². The van der Waals surface area contributed by atoms with Gasteiger partial charge in [0, 0.05) is 12.4 Å². The molecule has 1 aliphatic heterocycles.